The van der Waals surface area contributed by atoms with Crippen molar-refractivity contribution in [3.05, 3.63) is 68.2 Å². The Labute approximate surface area is 200 Å². The summed E-state index contributed by atoms with van der Waals surface area (Å²) in [6, 6.07) is 6.27. The second-order valence-corrected chi connectivity index (χ2v) is 9.91. The Kier molecular flexibility index (Phi) is 7.20. The summed E-state index contributed by atoms with van der Waals surface area (Å²) in [5.74, 6) is 1.07. The number of ether oxygens (including phenoxy) is 1. The highest BCUT2D eigenvalue weighted by Gasteiger charge is 2.24. The van der Waals surface area contributed by atoms with Crippen molar-refractivity contribution in [3.8, 4) is 5.75 Å². The number of aromatic nitrogens is 2. The van der Waals surface area contributed by atoms with Crippen molar-refractivity contribution in [3.63, 3.8) is 0 Å². The molecule has 176 valence electrons. The van der Waals surface area contributed by atoms with Crippen molar-refractivity contribution in [2.45, 2.75) is 54.3 Å². The second kappa shape index (κ2) is 10.1. The fraction of sp³-hybridized carbons (Fsp3) is 0.462. The monoisotopic (exact) mass is 466 g/mol. The molecule has 0 atom stereocenters. The second-order valence-electron chi connectivity index (χ2n) is 9.00. The van der Waals surface area contributed by atoms with E-state index in [1.165, 1.54) is 22.5 Å². The standard InChI is InChI=1S/C26H34N4O2S/c1-6-30-15-23(21(5)27-30)14-28-7-9-29(10-8-28)26(31)24-13-22(17-33-24)16-32-25-19(3)11-18(2)12-20(25)4/h11-13,15,17H,6-10,14,16H2,1-5H3. The molecule has 0 aliphatic carbocycles. The smallest absolute Gasteiger partial charge is 0.264 e. The van der Waals surface area contributed by atoms with Crippen molar-refractivity contribution in [1.82, 2.24) is 19.6 Å². The normalized spacial score (nSPS) is 14.6. The molecule has 3 aromatic rings. The van der Waals surface area contributed by atoms with E-state index in [-0.39, 0.29) is 5.91 Å². The molecule has 1 aromatic carbocycles. The zero-order valence-corrected chi connectivity index (χ0v) is 21.2. The van der Waals surface area contributed by atoms with Crippen molar-refractivity contribution in [2.75, 3.05) is 26.2 Å². The largest absolute Gasteiger partial charge is 0.488 e. The number of hydrogen-bond acceptors (Lipinski definition) is 5. The average Bonchev–Trinajstić information content (AvgIpc) is 3.40. The van der Waals surface area contributed by atoms with Gasteiger partial charge in [0.25, 0.3) is 5.91 Å². The van der Waals surface area contributed by atoms with Gasteiger partial charge in [0.15, 0.2) is 0 Å². The van der Waals surface area contributed by atoms with Gasteiger partial charge in [-0.1, -0.05) is 17.7 Å². The van der Waals surface area contributed by atoms with Crippen LogP contribution < -0.4 is 4.74 Å². The molecule has 0 saturated carbocycles. The predicted octanol–water partition coefficient (Wildman–Crippen LogP) is 4.74. The Bertz CT molecular complexity index is 1100. The van der Waals surface area contributed by atoms with E-state index in [0.29, 0.717) is 6.61 Å². The number of thiophene rings is 1. The van der Waals surface area contributed by atoms with E-state index in [1.807, 2.05) is 21.0 Å². The van der Waals surface area contributed by atoms with Gasteiger partial charge in [-0.25, -0.2) is 0 Å². The molecule has 0 unspecified atom stereocenters. The van der Waals surface area contributed by atoms with E-state index < -0.39 is 0 Å². The number of carbonyl (C=O) groups is 1. The van der Waals surface area contributed by atoms with Crippen LogP contribution in [0.25, 0.3) is 0 Å². The first-order valence-electron chi connectivity index (χ1n) is 11.7. The van der Waals surface area contributed by atoms with E-state index in [9.17, 15) is 4.79 Å². The minimum absolute atomic E-state index is 0.128. The number of hydrogen-bond donors (Lipinski definition) is 0. The fourth-order valence-electron chi connectivity index (χ4n) is 4.50. The molecule has 7 heteroatoms. The Morgan fingerprint density at radius 1 is 1.06 bits per heavy atom. The van der Waals surface area contributed by atoms with Crippen LogP contribution in [0.2, 0.25) is 0 Å². The SMILES string of the molecule is CCn1cc(CN2CCN(C(=O)c3cc(COc4c(C)cc(C)cc4C)cs3)CC2)c(C)n1. The molecule has 3 heterocycles. The molecular weight excluding hydrogens is 432 g/mol. The van der Waals surface area contributed by atoms with E-state index in [2.05, 4.69) is 62.9 Å². The van der Waals surface area contributed by atoms with Crippen LogP contribution in [0.3, 0.4) is 0 Å². The summed E-state index contributed by atoms with van der Waals surface area (Å²) >= 11 is 1.51. The summed E-state index contributed by atoms with van der Waals surface area (Å²) < 4.78 is 8.10. The molecule has 1 fully saturated rings. The Balaban J connectivity index is 1.30. The van der Waals surface area contributed by atoms with Crippen molar-refractivity contribution in [1.29, 1.82) is 0 Å². The van der Waals surface area contributed by atoms with Gasteiger partial charge in [-0.15, -0.1) is 11.3 Å². The highest BCUT2D eigenvalue weighted by Crippen LogP contribution is 2.26. The van der Waals surface area contributed by atoms with E-state index in [1.54, 1.807) is 0 Å². The first kappa shape index (κ1) is 23.5. The summed E-state index contributed by atoms with van der Waals surface area (Å²) in [5.41, 5.74) is 6.96. The van der Waals surface area contributed by atoms with Gasteiger partial charge in [-0.3, -0.25) is 14.4 Å². The molecule has 0 bridgehead atoms. The van der Waals surface area contributed by atoms with Crippen molar-refractivity contribution < 1.29 is 9.53 Å². The van der Waals surface area contributed by atoms with Crippen molar-refractivity contribution >= 4 is 17.2 Å². The lowest BCUT2D eigenvalue weighted by atomic mass is 10.1. The number of rotatable bonds is 7. The zero-order valence-electron chi connectivity index (χ0n) is 20.4. The number of piperazine rings is 1. The average molecular weight is 467 g/mol. The first-order valence-corrected chi connectivity index (χ1v) is 12.5. The third-order valence-corrected chi connectivity index (χ3v) is 7.24. The minimum atomic E-state index is 0.128. The number of carbonyl (C=O) groups excluding carboxylic acids is 1. The Hall–Kier alpha value is -2.64. The van der Waals surface area contributed by atoms with E-state index in [4.69, 9.17) is 4.74 Å². The molecule has 0 N–H and O–H groups in total. The molecule has 1 aliphatic heterocycles. The zero-order chi connectivity index (χ0) is 23.5. The lowest BCUT2D eigenvalue weighted by molar-refractivity contribution is 0.0633. The van der Waals surface area contributed by atoms with Gasteiger partial charge in [0.05, 0.1) is 10.6 Å². The van der Waals surface area contributed by atoms with Crippen LogP contribution in [-0.4, -0.2) is 51.7 Å². The highest BCUT2D eigenvalue weighted by atomic mass is 32.1. The van der Waals surface area contributed by atoms with E-state index in [0.717, 1.165) is 72.3 Å². The lowest BCUT2D eigenvalue weighted by Crippen LogP contribution is -2.48. The number of benzene rings is 1. The van der Waals surface area contributed by atoms with Gasteiger partial charge in [-0.2, -0.15) is 5.10 Å². The molecule has 0 spiro atoms. The lowest BCUT2D eigenvalue weighted by Gasteiger charge is -2.34. The molecular formula is C26H34N4O2S. The van der Waals surface area contributed by atoms with Crippen LogP contribution in [0.4, 0.5) is 0 Å². The van der Waals surface area contributed by atoms with Crippen LogP contribution in [0, 0.1) is 27.7 Å². The van der Waals surface area contributed by atoms with E-state index >= 15 is 0 Å². The van der Waals surface area contributed by atoms with Crippen LogP contribution in [0.5, 0.6) is 5.75 Å². The number of aryl methyl sites for hydroxylation is 5. The predicted molar refractivity (Wildman–Crippen MR) is 133 cm³/mol. The quantitative estimate of drug-likeness (QED) is 0.505. The third-order valence-electron chi connectivity index (χ3n) is 6.28. The maximum atomic E-state index is 13.1. The summed E-state index contributed by atoms with van der Waals surface area (Å²) in [6.07, 6.45) is 2.14. The molecule has 0 radical (unpaired) electrons. The van der Waals surface area contributed by atoms with Crippen LogP contribution in [0.1, 0.15) is 50.1 Å². The van der Waals surface area contributed by atoms with Gasteiger partial charge in [0.2, 0.25) is 0 Å². The van der Waals surface area contributed by atoms with Crippen LogP contribution in [0.15, 0.2) is 29.8 Å². The minimum Gasteiger partial charge on any atom is -0.488 e. The molecule has 1 amide bonds. The fourth-order valence-corrected chi connectivity index (χ4v) is 5.36. The van der Waals surface area contributed by atoms with Crippen LogP contribution >= 0.6 is 11.3 Å². The molecule has 4 rings (SSSR count). The molecule has 33 heavy (non-hydrogen) atoms. The number of amides is 1. The topological polar surface area (TPSA) is 50.6 Å². The van der Waals surface area contributed by atoms with Gasteiger partial charge in [-0.05, 0) is 57.2 Å². The molecule has 1 aliphatic rings. The third kappa shape index (κ3) is 5.47. The number of nitrogens with zero attached hydrogens (tertiary/aromatic N) is 4. The summed E-state index contributed by atoms with van der Waals surface area (Å²) in [5, 5.41) is 6.58. The van der Waals surface area contributed by atoms with Gasteiger partial charge in [0.1, 0.15) is 12.4 Å². The highest BCUT2D eigenvalue weighted by molar-refractivity contribution is 7.12. The Morgan fingerprint density at radius 2 is 1.76 bits per heavy atom. The van der Waals surface area contributed by atoms with Crippen molar-refractivity contribution in [2.24, 2.45) is 0 Å². The van der Waals surface area contributed by atoms with Gasteiger partial charge < -0.3 is 9.64 Å². The summed E-state index contributed by atoms with van der Waals surface area (Å²) in [6.45, 7) is 16.0. The maximum Gasteiger partial charge on any atom is 0.264 e. The summed E-state index contributed by atoms with van der Waals surface area (Å²) in [7, 11) is 0. The molecule has 6 nitrogen and oxygen atoms in total. The first-order chi connectivity index (χ1) is 15.8. The van der Waals surface area contributed by atoms with Gasteiger partial charge >= 0.3 is 0 Å². The maximum absolute atomic E-state index is 13.1. The molecule has 1 saturated heterocycles. The van der Waals surface area contributed by atoms with Crippen LogP contribution in [-0.2, 0) is 19.7 Å². The van der Waals surface area contributed by atoms with Gasteiger partial charge in [0, 0.05) is 56.6 Å². The molecule has 2 aromatic heterocycles. The Morgan fingerprint density at radius 3 is 2.39 bits per heavy atom. The summed E-state index contributed by atoms with van der Waals surface area (Å²) in [4.78, 5) is 18.2.